The molecule has 2 nitrogen and oxygen atoms in total. The van der Waals surface area contributed by atoms with E-state index >= 15 is 0 Å². The predicted octanol–water partition coefficient (Wildman–Crippen LogP) is 5.33. The maximum Gasteiger partial charge on any atom is 0.146 e. The first kappa shape index (κ1) is 12.3. The molecule has 94 valence electrons. The predicted molar refractivity (Wildman–Crippen MR) is 78.3 cm³/mol. The molecule has 0 radical (unpaired) electrons. The molecule has 0 bridgehead atoms. The molecule has 3 rings (SSSR count). The first-order valence-electron chi connectivity index (χ1n) is 5.70. The Labute approximate surface area is 120 Å². The Kier molecular flexibility index (Phi) is 3.28. The summed E-state index contributed by atoms with van der Waals surface area (Å²) in [6.07, 6.45) is 1.69. The molecule has 3 aromatic rings. The number of aromatic nitrogens is 1. The van der Waals surface area contributed by atoms with E-state index in [4.69, 9.17) is 27.9 Å². The van der Waals surface area contributed by atoms with Crippen molar-refractivity contribution >= 4 is 34.1 Å². The highest BCUT2D eigenvalue weighted by Crippen LogP contribution is 2.30. The SMILES string of the molecule is Clc1ccc(Oc2cnc3ccccc3c2)cc1Cl. The van der Waals surface area contributed by atoms with Crippen molar-refractivity contribution in [3.8, 4) is 11.5 Å². The summed E-state index contributed by atoms with van der Waals surface area (Å²) in [5.41, 5.74) is 0.934. The Morgan fingerprint density at radius 1 is 0.842 bits per heavy atom. The molecule has 0 saturated heterocycles. The zero-order chi connectivity index (χ0) is 13.2. The Morgan fingerprint density at radius 3 is 2.53 bits per heavy atom. The number of pyridine rings is 1. The molecule has 19 heavy (non-hydrogen) atoms. The van der Waals surface area contributed by atoms with E-state index in [1.807, 2.05) is 30.3 Å². The fourth-order valence-electron chi connectivity index (χ4n) is 1.78. The molecule has 0 aliphatic rings. The fourth-order valence-corrected chi connectivity index (χ4v) is 2.07. The minimum Gasteiger partial charge on any atom is -0.456 e. The van der Waals surface area contributed by atoms with Crippen LogP contribution in [0.4, 0.5) is 0 Å². The maximum absolute atomic E-state index is 5.95. The van der Waals surface area contributed by atoms with Gasteiger partial charge in [0, 0.05) is 11.5 Å². The van der Waals surface area contributed by atoms with Crippen molar-refractivity contribution in [2.24, 2.45) is 0 Å². The zero-order valence-electron chi connectivity index (χ0n) is 9.81. The normalized spacial score (nSPS) is 10.6. The first-order valence-corrected chi connectivity index (χ1v) is 6.46. The summed E-state index contributed by atoms with van der Waals surface area (Å²) in [7, 11) is 0. The molecule has 2 aromatic carbocycles. The zero-order valence-corrected chi connectivity index (χ0v) is 11.3. The lowest BCUT2D eigenvalue weighted by molar-refractivity contribution is 0.481. The van der Waals surface area contributed by atoms with Gasteiger partial charge in [-0.25, -0.2) is 0 Å². The fraction of sp³-hybridized carbons (Fsp3) is 0. The molecule has 1 aromatic heterocycles. The molecule has 0 fully saturated rings. The molecule has 0 atom stereocenters. The molecule has 0 N–H and O–H groups in total. The van der Waals surface area contributed by atoms with Crippen molar-refractivity contribution in [3.05, 3.63) is 64.8 Å². The van der Waals surface area contributed by atoms with Crippen LogP contribution >= 0.6 is 23.2 Å². The lowest BCUT2D eigenvalue weighted by Crippen LogP contribution is -1.86. The number of fused-ring (bicyclic) bond motifs is 1. The van der Waals surface area contributed by atoms with Crippen LogP contribution in [0.15, 0.2) is 54.7 Å². The summed E-state index contributed by atoms with van der Waals surface area (Å²) >= 11 is 11.8. The van der Waals surface area contributed by atoms with Gasteiger partial charge in [-0.15, -0.1) is 0 Å². The molecule has 0 saturated carbocycles. The molecule has 1 heterocycles. The number of hydrogen-bond donors (Lipinski definition) is 0. The van der Waals surface area contributed by atoms with Gasteiger partial charge < -0.3 is 4.74 Å². The van der Waals surface area contributed by atoms with Crippen molar-refractivity contribution in [1.29, 1.82) is 0 Å². The summed E-state index contributed by atoms with van der Waals surface area (Å²) < 4.78 is 5.72. The molecule has 0 spiro atoms. The topological polar surface area (TPSA) is 22.1 Å². The van der Waals surface area contributed by atoms with E-state index in [9.17, 15) is 0 Å². The summed E-state index contributed by atoms with van der Waals surface area (Å²) in [6.45, 7) is 0. The number of halogens is 2. The number of ether oxygens (including phenoxy) is 1. The largest absolute Gasteiger partial charge is 0.456 e. The van der Waals surface area contributed by atoms with Crippen LogP contribution < -0.4 is 4.74 Å². The van der Waals surface area contributed by atoms with Gasteiger partial charge in [-0.3, -0.25) is 4.98 Å². The molecular weight excluding hydrogens is 281 g/mol. The molecule has 0 amide bonds. The van der Waals surface area contributed by atoms with Gasteiger partial charge in [-0.1, -0.05) is 41.4 Å². The second kappa shape index (κ2) is 5.08. The van der Waals surface area contributed by atoms with Crippen molar-refractivity contribution < 1.29 is 4.74 Å². The van der Waals surface area contributed by atoms with Gasteiger partial charge >= 0.3 is 0 Å². The van der Waals surface area contributed by atoms with Crippen molar-refractivity contribution in [2.45, 2.75) is 0 Å². The molecule has 0 unspecified atom stereocenters. The van der Waals surface area contributed by atoms with Crippen LogP contribution in [0.3, 0.4) is 0 Å². The number of hydrogen-bond acceptors (Lipinski definition) is 2. The average molecular weight is 290 g/mol. The van der Waals surface area contributed by atoms with E-state index in [-0.39, 0.29) is 0 Å². The molecule has 0 aliphatic heterocycles. The minimum atomic E-state index is 0.466. The van der Waals surface area contributed by atoms with Gasteiger partial charge in [0.2, 0.25) is 0 Å². The summed E-state index contributed by atoms with van der Waals surface area (Å²) in [5, 5.41) is 2.00. The Morgan fingerprint density at radius 2 is 1.68 bits per heavy atom. The lowest BCUT2D eigenvalue weighted by Gasteiger charge is -2.07. The van der Waals surface area contributed by atoms with Gasteiger partial charge in [0.25, 0.3) is 0 Å². The van der Waals surface area contributed by atoms with Gasteiger partial charge in [0.05, 0.1) is 21.8 Å². The van der Waals surface area contributed by atoms with Gasteiger partial charge in [-0.05, 0) is 24.3 Å². The van der Waals surface area contributed by atoms with Crippen LogP contribution in [0.25, 0.3) is 10.9 Å². The molecular formula is C15H9Cl2NO. The quantitative estimate of drug-likeness (QED) is 0.636. The third-order valence-electron chi connectivity index (χ3n) is 2.69. The highest BCUT2D eigenvalue weighted by Gasteiger charge is 2.03. The van der Waals surface area contributed by atoms with Crippen molar-refractivity contribution in [3.63, 3.8) is 0 Å². The maximum atomic E-state index is 5.95. The number of nitrogens with zero attached hydrogens (tertiary/aromatic N) is 1. The van der Waals surface area contributed by atoms with E-state index in [0.29, 0.717) is 21.5 Å². The van der Waals surface area contributed by atoms with Crippen LogP contribution in [0.2, 0.25) is 10.0 Å². The Balaban J connectivity index is 1.94. The van der Waals surface area contributed by atoms with E-state index in [2.05, 4.69) is 4.98 Å². The number of rotatable bonds is 2. The standard InChI is InChI=1S/C15H9Cl2NO/c16-13-6-5-11(8-14(13)17)19-12-7-10-3-1-2-4-15(10)18-9-12/h1-9H. The molecule has 4 heteroatoms. The van der Waals surface area contributed by atoms with Crippen LogP contribution in [0.5, 0.6) is 11.5 Å². The average Bonchev–Trinajstić information content (AvgIpc) is 2.43. The third-order valence-corrected chi connectivity index (χ3v) is 3.43. The summed E-state index contributed by atoms with van der Waals surface area (Å²) in [6, 6.07) is 14.9. The van der Waals surface area contributed by atoms with E-state index < -0.39 is 0 Å². The second-order valence-electron chi connectivity index (χ2n) is 4.04. The van der Waals surface area contributed by atoms with E-state index in [1.165, 1.54) is 0 Å². The molecule has 0 aliphatic carbocycles. The third kappa shape index (κ3) is 2.65. The first-order chi connectivity index (χ1) is 9.22. The Hall–Kier alpha value is -1.77. The number of benzene rings is 2. The van der Waals surface area contributed by atoms with Crippen molar-refractivity contribution in [2.75, 3.05) is 0 Å². The monoisotopic (exact) mass is 289 g/mol. The minimum absolute atomic E-state index is 0.466. The smallest absolute Gasteiger partial charge is 0.146 e. The number of para-hydroxylation sites is 1. The highest BCUT2D eigenvalue weighted by molar-refractivity contribution is 6.42. The summed E-state index contributed by atoms with van der Waals surface area (Å²) in [5.74, 6) is 1.29. The van der Waals surface area contributed by atoms with E-state index in [0.717, 1.165) is 10.9 Å². The highest BCUT2D eigenvalue weighted by atomic mass is 35.5. The van der Waals surface area contributed by atoms with Crippen molar-refractivity contribution in [1.82, 2.24) is 4.98 Å². The van der Waals surface area contributed by atoms with Crippen LogP contribution in [0.1, 0.15) is 0 Å². The van der Waals surface area contributed by atoms with E-state index in [1.54, 1.807) is 24.4 Å². The Bertz CT molecular complexity index is 743. The van der Waals surface area contributed by atoms with Crippen LogP contribution in [-0.2, 0) is 0 Å². The lowest BCUT2D eigenvalue weighted by atomic mass is 10.2. The van der Waals surface area contributed by atoms with Gasteiger partial charge in [0.1, 0.15) is 11.5 Å². The van der Waals surface area contributed by atoms with Gasteiger partial charge in [0.15, 0.2) is 0 Å². The second-order valence-corrected chi connectivity index (χ2v) is 4.86. The summed E-state index contributed by atoms with van der Waals surface area (Å²) in [4.78, 5) is 4.33. The van der Waals surface area contributed by atoms with Crippen LogP contribution in [-0.4, -0.2) is 4.98 Å². The van der Waals surface area contributed by atoms with Crippen LogP contribution in [0, 0.1) is 0 Å². The van der Waals surface area contributed by atoms with Gasteiger partial charge in [-0.2, -0.15) is 0 Å².